The largest absolute Gasteiger partial charge is 0.338 e. The van der Waals surface area contributed by atoms with Crippen molar-refractivity contribution in [2.45, 2.75) is 0 Å². The topological polar surface area (TPSA) is 28.7 Å². The van der Waals surface area contributed by atoms with E-state index in [1.165, 1.54) is 12.1 Å². The molecule has 0 saturated carbocycles. The Morgan fingerprint density at radius 3 is 2.50 bits per heavy atom. The minimum atomic E-state index is -0.251. The van der Waals surface area contributed by atoms with Crippen molar-refractivity contribution in [2.75, 3.05) is 0 Å². The van der Waals surface area contributed by atoms with E-state index < -0.39 is 0 Å². The number of nitrogens with one attached hydrogen (secondary N) is 1. The molecule has 0 unspecified atom stereocenters. The van der Waals surface area contributed by atoms with Crippen LogP contribution in [0.4, 0.5) is 4.39 Å². The van der Waals surface area contributed by atoms with Gasteiger partial charge in [-0.25, -0.2) is 9.37 Å². The van der Waals surface area contributed by atoms with Crippen LogP contribution in [0.1, 0.15) is 0 Å². The highest BCUT2D eigenvalue weighted by molar-refractivity contribution is 9.11. The lowest BCUT2D eigenvalue weighted by molar-refractivity contribution is 0.628. The molecule has 0 amide bonds. The second kappa shape index (κ2) is 4.48. The average Bonchev–Trinajstić information content (AvgIpc) is 2.74. The van der Waals surface area contributed by atoms with E-state index >= 15 is 0 Å². The van der Waals surface area contributed by atoms with Crippen LogP contribution in [0.5, 0.6) is 0 Å². The number of H-pyrrole nitrogens is 1. The Balaban J connectivity index is 2.19. The zero-order valence-corrected chi connectivity index (χ0v) is 12.2. The van der Waals surface area contributed by atoms with E-state index in [9.17, 15) is 4.39 Å². The number of halogens is 3. The van der Waals surface area contributed by atoms with E-state index in [0.717, 1.165) is 31.4 Å². The van der Waals surface area contributed by atoms with Crippen LogP contribution in [-0.4, -0.2) is 9.97 Å². The summed E-state index contributed by atoms with van der Waals surface area (Å²) in [4.78, 5) is 7.73. The minimum absolute atomic E-state index is 0.251. The molecule has 0 aliphatic heterocycles. The van der Waals surface area contributed by atoms with Gasteiger partial charge in [0.05, 0.1) is 5.52 Å². The van der Waals surface area contributed by atoms with Crippen LogP contribution in [0.3, 0.4) is 0 Å². The Hall–Kier alpha value is -1.20. The van der Waals surface area contributed by atoms with E-state index in [0.29, 0.717) is 0 Å². The minimum Gasteiger partial charge on any atom is -0.338 e. The third-order valence-corrected chi connectivity index (χ3v) is 3.68. The molecule has 0 bridgehead atoms. The smallest absolute Gasteiger partial charge is 0.138 e. The predicted octanol–water partition coefficient (Wildman–Crippen LogP) is 4.89. The van der Waals surface area contributed by atoms with E-state index in [4.69, 9.17) is 0 Å². The number of aromatic amines is 1. The molecule has 0 aliphatic carbocycles. The fourth-order valence-electron chi connectivity index (χ4n) is 1.79. The molecule has 3 aromatic rings. The van der Waals surface area contributed by atoms with Crippen molar-refractivity contribution in [1.82, 2.24) is 9.97 Å². The standard InChI is InChI=1S/C13H7Br2FN2/c14-8-5-10(15)12-11(6-8)17-13(18-12)7-1-3-9(16)4-2-7/h1-6H,(H,17,18). The number of hydrogen-bond donors (Lipinski definition) is 1. The second-order valence-corrected chi connectivity index (χ2v) is 5.65. The first-order valence-corrected chi connectivity index (χ1v) is 6.83. The summed E-state index contributed by atoms with van der Waals surface area (Å²) in [5.74, 6) is 0.475. The van der Waals surface area contributed by atoms with Gasteiger partial charge in [0.25, 0.3) is 0 Å². The first kappa shape index (κ1) is 11.9. The van der Waals surface area contributed by atoms with Crippen molar-refractivity contribution in [3.8, 4) is 11.4 Å². The molecule has 90 valence electrons. The highest BCUT2D eigenvalue weighted by Gasteiger charge is 2.09. The van der Waals surface area contributed by atoms with Crippen LogP contribution in [0.15, 0.2) is 45.3 Å². The first-order chi connectivity index (χ1) is 8.63. The van der Waals surface area contributed by atoms with Crippen molar-refractivity contribution in [1.29, 1.82) is 0 Å². The Morgan fingerprint density at radius 1 is 1.06 bits per heavy atom. The summed E-state index contributed by atoms with van der Waals surface area (Å²) in [5, 5.41) is 0. The van der Waals surface area contributed by atoms with E-state index in [1.807, 2.05) is 12.1 Å². The van der Waals surface area contributed by atoms with Crippen LogP contribution in [0.2, 0.25) is 0 Å². The zero-order valence-electron chi connectivity index (χ0n) is 9.05. The number of imidazole rings is 1. The van der Waals surface area contributed by atoms with Gasteiger partial charge in [0.1, 0.15) is 17.2 Å². The molecule has 18 heavy (non-hydrogen) atoms. The Labute approximate surface area is 119 Å². The van der Waals surface area contributed by atoms with Crippen molar-refractivity contribution >= 4 is 42.9 Å². The number of nitrogens with zero attached hydrogens (tertiary/aromatic N) is 1. The highest BCUT2D eigenvalue weighted by atomic mass is 79.9. The summed E-state index contributed by atoms with van der Waals surface area (Å²) < 4.78 is 14.8. The molecule has 0 aliphatic rings. The van der Waals surface area contributed by atoms with Gasteiger partial charge in [0, 0.05) is 14.5 Å². The summed E-state index contributed by atoms with van der Waals surface area (Å²) in [6.45, 7) is 0. The van der Waals surface area contributed by atoms with Gasteiger partial charge in [-0.2, -0.15) is 0 Å². The molecule has 5 heteroatoms. The first-order valence-electron chi connectivity index (χ1n) is 5.24. The van der Waals surface area contributed by atoms with Gasteiger partial charge in [-0.3, -0.25) is 0 Å². The van der Waals surface area contributed by atoms with Crippen molar-refractivity contribution in [3.63, 3.8) is 0 Å². The summed E-state index contributed by atoms with van der Waals surface area (Å²) in [7, 11) is 0. The molecule has 1 heterocycles. The third-order valence-electron chi connectivity index (χ3n) is 2.62. The van der Waals surface area contributed by atoms with Gasteiger partial charge in [-0.15, -0.1) is 0 Å². The number of aromatic nitrogens is 2. The fourth-order valence-corrected chi connectivity index (χ4v) is 3.10. The molecule has 2 aromatic carbocycles. The number of rotatable bonds is 1. The van der Waals surface area contributed by atoms with Crippen LogP contribution < -0.4 is 0 Å². The maximum absolute atomic E-state index is 12.9. The van der Waals surface area contributed by atoms with Gasteiger partial charge in [0.2, 0.25) is 0 Å². The summed E-state index contributed by atoms with van der Waals surface area (Å²) >= 11 is 6.90. The fraction of sp³-hybridized carbons (Fsp3) is 0. The third kappa shape index (κ3) is 2.08. The molecule has 1 aromatic heterocycles. The highest BCUT2D eigenvalue weighted by Crippen LogP contribution is 2.29. The SMILES string of the molecule is Fc1ccc(-c2nc3c(Br)cc(Br)cc3[nH]2)cc1. The van der Waals surface area contributed by atoms with E-state index in [1.54, 1.807) is 12.1 Å². The summed E-state index contributed by atoms with van der Waals surface area (Å²) in [6, 6.07) is 10.2. The quantitative estimate of drug-likeness (QED) is 0.649. The van der Waals surface area contributed by atoms with Gasteiger partial charge >= 0.3 is 0 Å². The summed E-state index contributed by atoms with van der Waals surface area (Å²) in [6.07, 6.45) is 0. The van der Waals surface area contributed by atoms with Crippen LogP contribution in [-0.2, 0) is 0 Å². The summed E-state index contributed by atoms with van der Waals surface area (Å²) in [5.41, 5.74) is 2.64. The molecule has 0 saturated heterocycles. The predicted molar refractivity (Wildman–Crippen MR) is 76.9 cm³/mol. The Morgan fingerprint density at radius 2 is 1.78 bits per heavy atom. The number of fused-ring (bicyclic) bond motifs is 1. The van der Waals surface area contributed by atoms with E-state index in [-0.39, 0.29) is 5.82 Å². The number of benzene rings is 2. The molecule has 2 nitrogen and oxygen atoms in total. The Kier molecular flexibility index (Phi) is 2.95. The normalized spacial score (nSPS) is 11.1. The van der Waals surface area contributed by atoms with Crippen molar-refractivity contribution in [2.24, 2.45) is 0 Å². The van der Waals surface area contributed by atoms with Crippen molar-refractivity contribution in [3.05, 3.63) is 51.2 Å². The van der Waals surface area contributed by atoms with Crippen LogP contribution in [0.25, 0.3) is 22.4 Å². The molecule has 0 spiro atoms. The molecule has 3 rings (SSSR count). The average molecular weight is 370 g/mol. The Bertz CT molecular complexity index is 720. The van der Waals surface area contributed by atoms with Crippen LogP contribution in [0, 0.1) is 5.82 Å². The molecular weight excluding hydrogens is 363 g/mol. The zero-order chi connectivity index (χ0) is 12.7. The van der Waals surface area contributed by atoms with Gasteiger partial charge < -0.3 is 4.98 Å². The molecule has 0 radical (unpaired) electrons. The van der Waals surface area contributed by atoms with E-state index in [2.05, 4.69) is 41.8 Å². The monoisotopic (exact) mass is 368 g/mol. The molecule has 0 atom stereocenters. The number of hydrogen-bond acceptors (Lipinski definition) is 1. The molecule has 1 N–H and O–H groups in total. The maximum Gasteiger partial charge on any atom is 0.138 e. The maximum atomic E-state index is 12.9. The second-order valence-electron chi connectivity index (χ2n) is 3.88. The van der Waals surface area contributed by atoms with Gasteiger partial charge in [0.15, 0.2) is 0 Å². The van der Waals surface area contributed by atoms with Gasteiger partial charge in [-0.05, 0) is 52.3 Å². The lowest BCUT2D eigenvalue weighted by Crippen LogP contribution is -1.80. The lowest BCUT2D eigenvalue weighted by atomic mass is 10.2. The lowest BCUT2D eigenvalue weighted by Gasteiger charge is -1.94. The molecule has 0 fully saturated rings. The molecular formula is C13H7Br2FN2. The van der Waals surface area contributed by atoms with Gasteiger partial charge in [-0.1, -0.05) is 15.9 Å². The van der Waals surface area contributed by atoms with Crippen molar-refractivity contribution < 1.29 is 4.39 Å². The van der Waals surface area contributed by atoms with Crippen LogP contribution >= 0.6 is 31.9 Å².